The number of fused-ring (bicyclic) bond motifs is 1. The van der Waals surface area contributed by atoms with Crippen LogP contribution in [0.4, 0.5) is 0 Å². The van der Waals surface area contributed by atoms with Gasteiger partial charge in [0.05, 0.1) is 18.3 Å². The van der Waals surface area contributed by atoms with Crippen LogP contribution in [0.5, 0.6) is 5.88 Å². The molecule has 1 aliphatic carbocycles. The Morgan fingerprint density at radius 2 is 2.10 bits per heavy atom. The summed E-state index contributed by atoms with van der Waals surface area (Å²) in [7, 11) is 0. The van der Waals surface area contributed by atoms with Gasteiger partial charge in [0.25, 0.3) is 0 Å². The third-order valence-corrected chi connectivity index (χ3v) is 3.33. The lowest BCUT2D eigenvalue weighted by atomic mass is 9.95. The second-order valence-electron chi connectivity index (χ2n) is 5.34. The van der Waals surface area contributed by atoms with Gasteiger partial charge in [-0.05, 0) is 51.2 Å². The molecule has 0 saturated heterocycles. The van der Waals surface area contributed by atoms with Crippen molar-refractivity contribution in [3.05, 3.63) is 22.9 Å². The maximum absolute atomic E-state index is 7.67. The molecule has 0 saturated carbocycles. The molecule has 20 heavy (non-hydrogen) atoms. The van der Waals surface area contributed by atoms with Gasteiger partial charge >= 0.3 is 0 Å². The third-order valence-electron chi connectivity index (χ3n) is 3.33. The quantitative estimate of drug-likeness (QED) is 0.473. The van der Waals surface area contributed by atoms with Crippen LogP contribution in [-0.2, 0) is 17.6 Å². The highest BCUT2D eigenvalue weighted by molar-refractivity contribution is 5.97. The van der Waals surface area contributed by atoms with E-state index in [9.17, 15) is 0 Å². The van der Waals surface area contributed by atoms with Crippen LogP contribution < -0.4 is 10.5 Å². The van der Waals surface area contributed by atoms with Gasteiger partial charge < -0.3 is 15.2 Å². The number of rotatable bonds is 6. The number of hydrogen-bond donors (Lipinski definition) is 2. The van der Waals surface area contributed by atoms with Crippen LogP contribution in [0.25, 0.3) is 0 Å². The van der Waals surface area contributed by atoms with Crippen molar-refractivity contribution >= 4 is 5.84 Å². The van der Waals surface area contributed by atoms with Crippen molar-refractivity contribution in [2.45, 2.75) is 45.6 Å². The fourth-order valence-corrected chi connectivity index (χ4v) is 2.34. The van der Waals surface area contributed by atoms with E-state index in [0.29, 0.717) is 24.7 Å². The number of ether oxygens (including phenoxy) is 2. The van der Waals surface area contributed by atoms with Gasteiger partial charge in [-0.15, -0.1) is 0 Å². The molecule has 2 rings (SSSR count). The molecule has 5 nitrogen and oxygen atoms in total. The number of pyridine rings is 1. The van der Waals surface area contributed by atoms with Crippen LogP contribution in [-0.4, -0.2) is 30.1 Å². The Morgan fingerprint density at radius 1 is 1.35 bits per heavy atom. The number of nitrogens with one attached hydrogen (secondary N) is 1. The predicted molar refractivity (Wildman–Crippen MR) is 78.5 cm³/mol. The molecule has 3 N–H and O–H groups in total. The van der Waals surface area contributed by atoms with Gasteiger partial charge in [0.15, 0.2) is 0 Å². The Kier molecular flexibility index (Phi) is 4.95. The second kappa shape index (κ2) is 6.70. The molecule has 1 aromatic rings. The molecule has 5 heteroatoms. The van der Waals surface area contributed by atoms with Gasteiger partial charge in [0.2, 0.25) is 5.88 Å². The number of nitrogens with zero attached hydrogens (tertiary/aromatic N) is 1. The van der Waals surface area contributed by atoms with Crippen molar-refractivity contribution in [1.82, 2.24) is 4.98 Å². The van der Waals surface area contributed by atoms with Crippen molar-refractivity contribution in [3.8, 4) is 5.88 Å². The molecule has 0 fully saturated rings. The number of aromatic nitrogens is 1. The first-order valence-corrected chi connectivity index (χ1v) is 7.19. The van der Waals surface area contributed by atoms with Crippen LogP contribution >= 0.6 is 0 Å². The number of amidine groups is 1. The van der Waals surface area contributed by atoms with E-state index >= 15 is 0 Å². The first-order chi connectivity index (χ1) is 9.58. The van der Waals surface area contributed by atoms with E-state index in [0.717, 1.165) is 25.0 Å². The summed E-state index contributed by atoms with van der Waals surface area (Å²) in [6, 6.07) is 1.96. The second-order valence-corrected chi connectivity index (χ2v) is 5.34. The Morgan fingerprint density at radius 3 is 2.80 bits per heavy atom. The molecule has 1 aromatic heterocycles. The monoisotopic (exact) mass is 277 g/mol. The summed E-state index contributed by atoms with van der Waals surface area (Å²) in [6.07, 6.45) is 4.51. The van der Waals surface area contributed by atoms with E-state index in [4.69, 9.17) is 20.6 Å². The number of nitrogen functional groups attached to an aromatic ring is 1. The molecule has 1 aliphatic rings. The number of aryl methyl sites for hydroxylation is 2. The zero-order chi connectivity index (χ0) is 14.5. The zero-order valence-electron chi connectivity index (χ0n) is 12.2. The van der Waals surface area contributed by atoms with E-state index in [1.807, 2.05) is 19.9 Å². The van der Waals surface area contributed by atoms with Gasteiger partial charge in [-0.25, -0.2) is 4.98 Å². The third kappa shape index (κ3) is 3.70. The first-order valence-electron chi connectivity index (χ1n) is 7.19. The lowest BCUT2D eigenvalue weighted by Gasteiger charge is -2.18. The predicted octanol–water partition coefficient (Wildman–Crippen LogP) is 2.05. The van der Waals surface area contributed by atoms with Crippen molar-refractivity contribution in [1.29, 1.82) is 5.41 Å². The molecule has 0 atom stereocenters. The standard InChI is InChI=1S/C15H23N3O2/c1-10(2)19-7-8-20-15-12(14(16)17)9-11-5-3-4-6-13(11)18-15/h9-10H,3-8H2,1-2H3,(H3,16,17). The SMILES string of the molecule is CC(C)OCCOc1nc2c(cc1C(=N)N)CCCC2. The molecule has 110 valence electrons. The van der Waals surface area contributed by atoms with Gasteiger partial charge in [-0.2, -0.15) is 0 Å². The molecular formula is C15H23N3O2. The fraction of sp³-hybridized carbons (Fsp3) is 0.600. The normalized spacial score (nSPS) is 14.2. The van der Waals surface area contributed by atoms with Gasteiger partial charge in [-0.3, -0.25) is 5.41 Å². The maximum Gasteiger partial charge on any atom is 0.224 e. The molecule has 0 unspecified atom stereocenters. The average molecular weight is 277 g/mol. The minimum absolute atomic E-state index is 0.00523. The highest BCUT2D eigenvalue weighted by atomic mass is 16.5. The van der Waals surface area contributed by atoms with Crippen LogP contribution in [0.3, 0.4) is 0 Å². The summed E-state index contributed by atoms with van der Waals surface area (Å²) >= 11 is 0. The van der Waals surface area contributed by atoms with Crippen LogP contribution in [0.1, 0.15) is 43.5 Å². The van der Waals surface area contributed by atoms with E-state index in [2.05, 4.69) is 4.98 Å². The summed E-state index contributed by atoms with van der Waals surface area (Å²) in [5.74, 6) is 0.469. The van der Waals surface area contributed by atoms with Crippen LogP contribution in [0.2, 0.25) is 0 Å². The van der Waals surface area contributed by atoms with Crippen molar-refractivity contribution in [3.63, 3.8) is 0 Å². The Balaban J connectivity index is 2.11. The van der Waals surface area contributed by atoms with E-state index < -0.39 is 0 Å². The lowest BCUT2D eigenvalue weighted by molar-refractivity contribution is 0.0541. The smallest absolute Gasteiger partial charge is 0.224 e. The summed E-state index contributed by atoms with van der Waals surface area (Å²) < 4.78 is 11.1. The molecule has 0 amide bonds. The molecule has 0 aromatic carbocycles. The Hall–Kier alpha value is -1.62. The molecule has 0 radical (unpaired) electrons. The fourth-order valence-electron chi connectivity index (χ4n) is 2.34. The molecule has 0 bridgehead atoms. The maximum atomic E-state index is 7.67. The van der Waals surface area contributed by atoms with Crippen molar-refractivity contribution < 1.29 is 9.47 Å². The number of hydrogen-bond acceptors (Lipinski definition) is 4. The van der Waals surface area contributed by atoms with Crippen LogP contribution in [0, 0.1) is 5.41 Å². The van der Waals surface area contributed by atoms with Gasteiger partial charge in [0.1, 0.15) is 12.4 Å². The Labute approximate surface area is 120 Å². The van der Waals surface area contributed by atoms with Crippen molar-refractivity contribution in [2.75, 3.05) is 13.2 Å². The first kappa shape index (κ1) is 14.8. The highest BCUT2D eigenvalue weighted by Crippen LogP contribution is 2.25. The average Bonchev–Trinajstić information content (AvgIpc) is 2.42. The summed E-state index contributed by atoms with van der Waals surface area (Å²) in [5, 5.41) is 7.67. The van der Waals surface area contributed by atoms with Gasteiger partial charge in [0, 0.05) is 5.69 Å². The zero-order valence-corrected chi connectivity index (χ0v) is 12.2. The van der Waals surface area contributed by atoms with Gasteiger partial charge in [-0.1, -0.05) is 0 Å². The minimum atomic E-state index is 0.00523. The van der Waals surface area contributed by atoms with E-state index in [1.165, 1.54) is 12.0 Å². The van der Waals surface area contributed by atoms with Crippen LogP contribution in [0.15, 0.2) is 6.07 Å². The largest absolute Gasteiger partial charge is 0.475 e. The highest BCUT2D eigenvalue weighted by Gasteiger charge is 2.17. The number of nitrogens with two attached hydrogens (primary N) is 1. The van der Waals surface area contributed by atoms with Crippen molar-refractivity contribution in [2.24, 2.45) is 5.73 Å². The summed E-state index contributed by atoms with van der Waals surface area (Å²) in [5.41, 5.74) is 8.51. The Bertz CT molecular complexity index is 486. The lowest BCUT2D eigenvalue weighted by Crippen LogP contribution is -2.19. The molecule has 1 heterocycles. The topological polar surface area (TPSA) is 81.2 Å². The summed E-state index contributed by atoms with van der Waals surface area (Å²) in [6.45, 7) is 4.90. The minimum Gasteiger partial charge on any atom is -0.475 e. The molecule has 0 aliphatic heterocycles. The molecular weight excluding hydrogens is 254 g/mol. The van der Waals surface area contributed by atoms with E-state index in [1.54, 1.807) is 0 Å². The summed E-state index contributed by atoms with van der Waals surface area (Å²) in [4.78, 5) is 4.55. The van der Waals surface area contributed by atoms with E-state index in [-0.39, 0.29) is 11.9 Å². The molecule has 0 spiro atoms.